The Hall–Kier alpha value is -1.35. The molecular formula is C21H33NO2. The summed E-state index contributed by atoms with van der Waals surface area (Å²) >= 11 is 0. The Labute approximate surface area is 147 Å². The average Bonchev–Trinajstić information content (AvgIpc) is 2.61. The zero-order chi connectivity index (χ0) is 17.8. The van der Waals surface area contributed by atoms with E-state index in [4.69, 9.17) is 4.74 Å². The van der Waals surface area contributed by atoms with Gasteiger partial charge >= 0.3 is 5.97 Å². The summed E-state index contributed by atoms with van der Waals surface area (Å²) in [7, 11) is 0. The highest BCUT2D eigenvalue weighted by atomic mass is 16.5. The first-order valence-corrected chi connectivity index (χ1v) is 9.53. The molecule has 3 heteroatoms. The largest absolute Gasteiger partial charge is 0.465 e. The van der Waals surface area contributed by atoms with E-state index in [2.05, 4.69) is 44.7 Å². The first-order chi connectivity index (χ1) is 11.6. The molecule has 0 saturated heterocycles. The van der Waals surface area contributed by atoms with Crippen molar-refractivity contribution in [3.63, 3.8) is 0 Å². The molecule has 0 amide bonds. The van der Waals surface area contributed by atoms with Gasteiger partial charge in [0.25, 0.3) is 0 Å². The van der Waals surface area contributed by atoms with E-state index in [0.717, 1.165) is 37.9 Å². The summed E-state index contributed by atoms with van der Waals surface area (Å²) in [4.78, 5) is 15.6. The van der Waals surface area contributed by atoms with E-state index in [1.807, 2.05) is 25.1 Å². The second kappa shape index (κ2) is 7.69. The van der Waals surface area contributed by atoms with Gasteiger partial charge in [0.05, 0.1) is 6.61 Å². The SMILES string of the molecule is CCOC(=O)C1(c2ccccc2)CC(CC)(CC)C1N(CC)CC. The molecule has 0 heterocycles. The molecule has 0 bridgehead atoms. The Balaban J connectivity index is 2.59. The minimum absolute atomic E-state index is 0.0503. The van der Waals surface area contributed by atoms with Crippen molar-refractivity contribution in [1.82, 2.24) is 4.90 Å². The minimum Gasteiger partial charge on any atom is -0.465 e. The van der Waals surface area contributed by atoms with E-state index < -0.39 is 5.41 Å². The quantitative estimate of drug-likeness (QED) is 0.661. The lowest BCUT2D eigenvalue weighted by Gasteiger charge is -2.64. The summed E-state index contributed by atoms with van der Waals surface area (Å²) in [5.41, 5.74) is 0.766. The van der Waals surface area contributed by atoms with E-state index in [1.165, 1.54) is 0 Å². The van der Waals surface area contributed by atoms with Crippen LogP contribution in [0.25, 0.3) is 0 Å². The Morgan fingerprint density at radius 3 is 2.12 bits per heavy atom. The van der Waals surface area contributed by atoms with Gasteiger partial charge in [-0.1, -0.05) is 58.0 Å². The van der Waals surface area contributed by atoms with Crippen LogP contribution in [0.3, 0.4) is 0 Å². The Bertz CT molecular complexity index is 534. The Morgan fingerprint density at radius 1 is 1.08 bits per heavy atom. The molecule has 1 saturated carbocycles. The molecule has 0 N–H and O–H groups in total. The van der Waals surface area contributed by atoms with Gasteiger partial charge in [-0.15, -0.1) is 0 Å². The lowest BCUT2D eigenvalue weighted by Crippen LogP contribution is -2.72. The molecule has 2 atom stereocenters. The topological polar surface area (TPSA) is 29.5 Å². The summed E-state index contributed by atoms with van der Waals surface area (Å²) in [6.07, 6.45) is 3.08. The van der Waals surface area contributed by atoms with Crippen LogP contribution in [-0.4, -0.2) is 36.6 Å². The van der Waals surface area contributed by atoms with Gasteiger partial charge < -0.3 is 4.74 Å². The van der Waals surface area contributed by atoms with Gasteiger partial charge in [0.2, 0.25) is 0 Å². The predicted octanol–water partition coefficient (Wildman–Crippen LogP) is 4.41. The third kappa shape index (κ3) is 2.77. The fourth-order valence-corrected chi connectivity index (χ4v) is 4.87. The van der Waals surface area contributed by atoms with Crippen LogP contribution in [0.15, 0.2) is 30.3 Å². The molecule has 1 aromatic rings. The van der Waals surface area contributed by atoms with Crippen molar-refractivity contribution in [3.8, 4) is 0 Å². The molecule has 0 aliphatic heterocycles. The third-order valence-corrected chi connectivity index (χ3v) is 6.19. The van der Waals surface area contributed by atoms with Crippen molar-refractivity contribution in [2.24, 2.45) is 5.41 Å². The van der Waals surface area contributed by atoms with Crippen molar-refractivity contribution in [1.29, 1.82) is 0 Å². The molecule has 1 fully saturated rings. The van der Waals surface area contributed by atoms with Crippen LogP contribution < -0.4 is 0 Å². The Kier molecular flexibility index (Phi) is 6.08. The van der Waals surface area contributed by atoms with Crippen molar-refractivity contribution in [3.05, 3.63) is 35.9 Å². The van der Waals surface area contributed by atoms with Gasteiger partial charge in [-0.2, -0.15) is 0 Å². The lowest BCUT2D eigenvalue weighted by atomic mass is 9.44. The maximum atomic E-state index is 13.2. The number of hydrogen-bond acceptors (Lipinski definition) is 3. The molecule has 0 aromatic heterocycles. The summed E-state index contributed by atoms with van der Waals surface area (Å²) in [6.45, 7) is 13.2. The summed E-state index contributed by atoms with van der Waals surface area (Å²) < 4.78 is 5.59. The van der Waals surface area contributed by atoms with Crippen LogP contribution in [0.5, 0.6) is 0 Å². The van der Waals surface area contributed by atoms with E-state index in [-0.39, 0.29) is 17.4 Å². The number of carbonyl (C=O) groups is 1. The highest BCUT2D eigenvalue weighted by Gasteiger charge is 2.68. The zero-order valence-corrected chi connectivity index (χ0v) is 16.0. The van der Waals surface area contributed by atoms with Crippen molar-refractivity contribution >= 4 is 5.97 Å². The number of nitrogens with zero attached hydrogens (tertiary/aromatic N) is 1. The summed E-state index contributed by atoms with van der Waals surface area (Å²) in [5, 5.41) is 0. The van der Waals surface area contributed by atoms with Crippen molar-refractivity contribution in [2.75, 3.05) is 19.7 Å². The van der Waals surface area contributed by atoms with Crippen LogP contribution >= 0.6 is 0 Å². The number of benzene rings is 1. The van der Waals surface area contributed by atoms with Crippen LogP contribution in [0.4, 0.5) is 0 Å². The number of rotatable bonds is 8. The van der Waals surface area contributed by atoms with E-state index in [0.29, 0.717) is 6.61 Å². The standard InChI is InChI=1S/C21H33NO2/c1-6-20(7-2)16-21(19(23)24-10-5,17-14-12-11-13-15-17)18(20)22(8-3)9-4/h11-15,18H,6-10,16H2,1-5H3. The van der Waals surface area contributed by atoms with Crippen molar-refractivity contribution in [2.45, 2.75) is 65.3 Å². The zero-order valence-electron chi connectivity index (χ0n) is 16.0. The summed E-state index contributed by atoms with van der Waals surface area (Å²) in [6, 6.07) is 10.5. The molecule has 0 spiro atoms. The monoisotopic (exact) mass is 331 g/mol. The van der Waals surface area contributed by atoms with E-state index >= 15 is 0 Å². The number of hydrogen-bond donors (Lipinski definition) is 0. The predicted molar refractivity (Wildman–Crippen MR) is 99.1 cm³/mol. The highest BCUT2D eigenvalue weighted by Crippen LogP contribution is 2.61. The minimum atomic E-state index is -0.532. The second-order valence-corrected chi connectivity index (χ2v) is 6.93. The molecule has 1 aliphatic rings. The van der Waals surface area contributed by atoms with Crippen LogP contribution in [-0.2, 0) is 14.9 Å². The molecule has 0 radical (unpaired) electrons. The number of ether oxygens (including phenoxy) is 1. The number of esters is 1. The molecule has 2 rings (SSSR count). The normalized spacial score (nSPS) is 25.3. The fraction of sp³-hybridized carbons (Fsp3) is 0.667. The molecule has 1 aliphatic carbocycles. The van der Waals surface area contributed by atoms with Gasteiger partial charge in [-0.05, 0) is 50.3 Å². The first-order valence-electron chi connectivity index (χ1n) is 9.53. The maximum Gasteiger partial charge on any atom is 0.318 e. The molecule has 1 aromatic carbocycles. The smallest absolute Gasteiger partial charge is 0.318 e. The molecule has 24 heavy (non-hydrogen) atoms. The van der Waals surface area contributed by atoms with Gasteiger partial charge in [-0.25, -0.2) is 0 Å². The summed E-state index contributed by atoms with van der Waals surface area (Å²) in [5.74, 6) is -0.0503. The lowest BCUT2D eigenvalue weighted by molar-refractivity contribution is -0.178. The van der Waals surface area contributed by atoms with E-state index in [9.17, 15) is 4.79 Å². The van der Waals surface area contributed by atoms with Crippen molar-refractivity contribution < 1.29 is 9.53 Å². The van der Waals surface area contributed by atoms with Crippen LogP contribution in [0, 0.1) is 5.41 Å². The molecule has 2 unspecified atom stereocenters. The average molecular weight is 332 g/mol. The maximum absolute atomic E-state index is 13.2. The molecule has 3 nitrogen and oxygen atoms in total. The Morgan fingerprint density at radius 2 is 1.67 bits per heavy atom. The van der Waals surface area contributed by atoms with Crippen LogP contribution in [0.2, 0.25) is 0 Å². The van der Waals surface area contributed by atoms with Gasteiger partial charge in [0, 0.05) is 6.04 Å². The highest BCUT2D eigenvalue weighted by molar-refractivity contribution is 5.86. The molecular weight excluding hydrogens is 298 g/mol. The van der Waals surface area contributed by atoms with Gasteiger partial charge in [0.1, 0.15) is 5.41 Å². The fourth-order valence-electron chi connectivity index (χ4n) is 4.87. The number of likely N-dealkylation sites (N-methyl/N-ethyl adjacent to an activating group) is 1. The number of carbonyl (C=O) groups excluding carboxylic acids is 1. The van der Waals surface area contributed by atoms with Gasteiger partial charge in [0.15, 0.2) is 0 Å². The van der Waals surface area contributed by atoms with E-state index in [1.54, 1.807) is 0 Å². The first kappa shape index (κ1) is 19.0. The molecule has 134 valence electrons. The second-order valence-electron chi connectivity index (χ2n) is 6.93. The third-order valence-electron chi connectivity index (χ3n) is 6.19. The van der Waals surface area contributed by atoms with Gasteiger partial charge in [-0.3, -0.25) is 9.69 Å². The van der Waals surface area contributed by atoms with Crippen LogP contribution in [0.1, 0.15) is 59.4 Å².